The van der Waals surface area contributed by atoms with Crippen LogP contribution in [0.5, 0.6) is 5.75 Å². The van der Waals surface area contributed by atoms with Crippen LogP contribution in [0.3, 0.4) is 0 Å². The minimum Gasteiger partial charge on any atom is -0.497 e. The molecular weight excluding hydrogens is 374 g/mol. The van der Waals surface area contributed by atoms with Crippen LogP contribution in [0, 0.1) is 0 Å². The maximum Gasteiger partial charge on any atom is 0.235 e. The minimum absolute atomic E-state index is 0.245. The molecular formula is C21H25N3O3S. The smallest absolute Gasteiger partial charge is 0.235 e. The third-order valence-electron chi connectivity index (χ3n) is 5.14. The monoisotopic (exact) mass is 399 g/mol. The summed E-state index contributed by atoms with van der Waals surface area (Å²) < 4.78 is 34.5. The van der Waals surface area contributed by atoms with Crippen molar-refractivity contribution in [2.24, 2.45) is 0 Å². The first-order valence-electron chi connectivity index (χ1n) is 9.52. The highest BCUT2D eigenvalue weighted by Gasteiger charge is 2.35. The zero-order chi connectivity index (χ0) is 19.9. The van der Waals surface area contributed by atoms with Crippen LogP contribution < -0.4 is 15.2 Å². The third-order valence-corrected chi connectivity index (χ3v) is 7.01. The van der Waals surface area contributed by atoms with Crippen LogP contribution in [0.2, 0.25) is 0 Å². The van der Waals surface area contributed by atoms with Crippen molar-refractivity contribution in [1.82, 2.24) is 4.57 Å². The van der Waals surface area contributed by atoms with E-state index in [-0.39, 0.29) is 5.25 Å². The van der Waals surface area contributed by atoms with E-state index in [1.165, 1.54) is 0 Å². The van der Waals surface area contributed by atoms with Gasteiger partial charge in [0.1, 0.15) is 5.75 Å². The summed E-state index contributed by atoms with van der Waals surface area (Å²) in [6.07, 6.45) is 2.45. The van der Waals surface area contributed by atoms with E-state index in [9.17, 15) is 8.42 Å². The molecule has 0 bridgehead atoms. The fourth-order valence-corrected chi connectivity index (χ4v) is 4.96. The number of methoxy groups -OCH3 is 1. The van der Waals surface area contributed by atoms with Crippen molar-refractivity contribution < 1.29 is 13.2 Å². The van der Waals surface area contributed by atoms with Gasteiger partial charge in [-0.05, 0) is 49.6 Å². The van der Waals surface area contributed by atoms with Gasteiger partial charge in [-0.3, -0.25) is 4.72 Å². The van der Waals surface area contributed by atoms with Gasteiger partial charge in [0.2, 0.25) is 10.0 Å². The number of nitrogens with one attached hydrogen (secondary N) is 1. The number of rotatable bonds is 7. The number of fused-ring (bicyclic) bond motifs is 1. The highest BCUT2D eigenvalue weighted by atomic mass is 32.2. The van der Waals surface area contributed by atoms with Gasteiger partial charge < -0.3 is 15.0 Å². The predicted molar refractivity (Wildman–Crippen MR) is 114 cm³/mol. The molecule has 3 aromatic rings. The topological polar surface area (TPSA) is 86.4 Å². The largest absolute Gasteiger partial charge is 0.497 e. The van der Waals surface area contributed by atoms with Crippen molar-refractivity contribution in [3.63, 3.8) is 0 Å². The number of sulfonamides is 1. The molecule has 1 aromatic heterocycles. The molecule has 1 saturated carbocycles. The molecule has 0 amide bonds. The average molecular weight is 400 g/mol. The van der Waals surface area contributed by atoms with Crippen LogP contribution in [0.25, 0.3) is 22.2 Å². The van der Waals surface area contributed by atoms with Crippen LogP contribution in [0.4, 0.5) is 11.4 Å². The first-order valence-corrected chi connectivity index (χ1v) is 11.1. The number of anilines is 2. The zero-order valence-electron chi connectivity index (χ0n) is 16.1. The van der Waals surface area contributed by atoms with Gasteiger partial charge in [0, 0.05) is 23.2 Å². The van der Waals surface area contributed by atoms with Gasteiger partial charge in [-0.25, -0.2) is 8.42 Å². The second kappa shape index (κ2) is 7.05. The summed E-state index contributed by atoms with van der Waals surface area (Å²) in [5, 5.41) is 0.714. The third kappa shape index (κ3) is 3.30. The summed E-state index contributed by atoms with van der Waals surface area (Å²) >= 11 is 0. The van der Waals surface area contributed by atoms with Crippen molar-refractivity contribution in [3.05, 3.63) is 42.5 Å². The molecule has 1 aliphatic carbocycles. The molecule has 1 aliphatic rings. The Kier molecular flexibility index (Phi) is 4.71. The quantitative estimate of drug-likeness (QED) is 0.623. The Morgan fingerprint density at radius 3 is 2.50 bits per heavy atom. The summed E-state index contributed by atoms with van der Waals surface area (Å²) in [6.45, 7) is 2.97. The molecule has 0 radical (unpaired) electrons. The summed E-state index contributed by atoms with van der Waals surface area (Å²) in [6, 6.07) is 13.3. The number of ether oxygens (including phenoxy) is 1. The second-order valence-electron chi connectivity index (χ2n) is 7.22. The zero-order valence-corrected chi connectivity index (χ0v) is 16.9. The van der Waals surface area contributed by atoms with Crippen LogP contribution in [0.15, 0.2) is 42.5 Å². The van der Waals surface area contributed by atoms with E-state index in [1.54, 1.807) is 19.2 Å². The van der Waals surface area contributed by atoms with E-state index >= 15 is 0 Å². The number of benzene rings is 2. The van der Waals surface area contributed by atoms with Crippen molar-refractivity contribution >= 4 is 32.3 Å². The molecule has 0 saturated heterocycles. The van der Waals surface area contributed by atoms with Crippen molar-refractivity contribution in [2.75, 3.05) is 17.6 Å². The number of nitrogens with zero attached hydrogens (tertiary/aromatic N) is 1. The van der Waals surface area contributed by atoms with E-state index < -0.39 is 10.0 Å². The number of nitrogens with two attached hydrogens (primary N) is 1. The van der Waals surface area contributed by atoms with Gasteiger partial charge in [0.05, 0.1) is 29.3 Å². The van der Waals surface area contributed by atoms with Gasteiger partial charge >= 0.3 is 0 Å². The lowest BCUT2D eigenvalue weighted by Crippen LogP contribution is -2.17. The van der Waals surface area contributed by atoms with Crippen molar-refractivity contribution in [3.8, 4) is 17.0 Å². The molecule has 1 fully saturated rings. The van der Waals surface area contributed by atoms with Gasteiger partial charge in [-0.1, -0.05) is 19.1 Å². The van der Waals surface area contributed by atoms with E-state index in [1.807, 2.05) is 30.3 Å². The highest BCUT2D eigenvalue weighted by molar-refractivity contribution is 7.93. The van der Waals surface area contributed by atoms with Gasteiger partial charge in [-0.15, -0.1) is 0 Å². The highest BCUT2D eigenvalue weighted by Crippen LogP contribution is 2.38. The van der Waals surface area contributed by atoms with E-state index in [4.69, 9.17) is 10.5 Å². The Bertz CT molecular complexity index is 1110. The Labute approximate surface area is 165 Å². The SMILES string of the molecule is CCCn1c(-c2ccc(NS(=O)(=O)C3CC3)cc2)c(N)c2cc(OC)ccc21. The van der Waals surface area contributed by atoms with Gasteiger partial charge in [0.15, 0.2) is 0 Å². The summed E-state index contributed by atoms with van der Waals surface area (Å²) in [4.78, 5) is 0. The summed E-state index contributed by atoms with van der Waals surface area (Å²) in [7, 11) is -1.62. The Hall–Kier alpha value is -2.67. The fraction of sp³-hybridized carbons (Fsp3) is 0.333. The molecule has 6 nitrogen and oxygen atoms in total. The molecule has 0 atom stereocenters. The van der Waals surface area contributed by atoms with E-state index in [0.717, 1.165) is 53.7 Å². The summed E-state index contributed by atoms with van der Waals surface area (Å²) in [5.41, 5.74) is 10.8. The van der Waals surface area contributed by atoms with Crippen LogP contribution in [-0.4, -0.2) is 25.3 Å². The molecule has 7 heteroatoms. The lowest BCUT2D eigenvalue weighted by Gasteiger charge is -2.12. The number of aromatic nitrogens is 1. The first kappa shape index (κ1) is 18.7. The maximum atomic E-state index is 12.1. The van der Waals surface area contributed by atoms with Crippen LogP contribution in [-0.2, 0) is 16.6 Å². The maximum absolute atomic E-state index is 12.1. The standard InChI is InChI=1S/C21H25N3O3S/c1-3-12-24-19-11-8-16(27-2)13-18(19)20(22)21(24)14-4-6-15(7-5-14)23-28(25,26)17-9-10-17/h4-8,11,13,17,23H,3,9-10,12,22H2,1-2H3. The lowest BCUT2D eigenvalue weighted by atomic mass is 10.1. The Morgan fingerprint density at radius 1 is 1.18 bits per heavy atom. The molecule has 2 aromatic carbocycles. The number of aryl methyl sites for hydroxylation is 1. The van der Waals surface area contributed by atoms with E-state index in [2.05, 4.69) is 16.2 Å². The van der Waals surface area contributed by atoms with Crippen molar-refractivity contribution in [2.45, 2.75) is 38.0 Å². The van der Waals surface area contributed by atoms with Crippen LogP contribution in [0.1, 0.15) is 26.2 Å². The van der Waals surface area contributed by atoms with Crippen LogP contribution >= 0.6 is 0 Å². The second-order valence-corrected chi connectivity index (χ2v) is 9.18. The average Bonchev–Trinajstić information content (AvgIpc) is 3.51. The molecule has 3 N–H and O–H groups in total. The molecule has 0 spiro atoms. The molecule has 4 rings (SSSR count). The number of nitrogen functional groups attached to an aromatic ring is 1. The molecule has 28 heavy (non-hydrogen) atoms. The van der Waals surface area contributed by atoms with Gasteiger partial charge in [-0.2, -0.15) is 0 Å². The molecule has 1 heterocycles. The van der Waals surface area contributed by atoms with Gasteiger partial charge in [0.25, 0.3) is 0 Å². The number of hydrogen-bond donors (Lipinski definition) is 2. The minimum atomic E-state index is -3.26. The molecule has 0 unspecified atom stereocenters. The van der Waals surface area contributed by atoms with Crippen molar-refractivity contribution in [1.29, 1.82) is 0 Å². The number of hydrogen-bond acceptors (Lipinski definition) is 4. The normalized spacial score (nSPS) is 14.4. The fourth-order valence-electron chi connectivity index (χ4n) is 3.58. The van der Waals surface area contributed by atoms with E-state index in [0.29, 0.717) is 11.4 Å². The molecule has 148 valence electrons. The lowest BCUT2D eigenvalue weighted by molar-refractivity contribution is 0.415. The Balaban J connectivity index is 1.75. The predicted octanol–water partition coefficient (Wildman–Crippen LogP) is 4.21. The Morgan fingerprint density at radius 2 is 1.89 bits per heavy atom. The first-order chi connectivity index (χ1) is 13.4. The molecule has 0 aliphatic heterocycles. The summed E-state index contributed by atoms with van der Waals surface area (Å²) in [5.74, 6) is 0.768.